The lowest BCUT2D eigenvalue weighted by Crippen LogP contribution is -2.47. The van der Waals surface area contributed by atoms with E-state index in [4.69, 9.17) is 4.74 Å². The third kappa shape index (κ3) is 3.03. The average Bonchev–Trinajstić information content (AvgIpc) is 2.89. The van der Waals surface area contributed by atoms with Gasteiger partial charge in [-0.3, -0.25) is 9.59 Å². The van der Waals surface area contributed by atoms with Crippen LogP contribution in [0, 0.1) is 5.92 Å². The number of hydrogen-bond acceptors (Lipinski definition) is 3. The van der Waals surface area contributed by atoms with E-state index in [0.29, 0.717) is 26.2 Å². The second kappa shape index (κ2) is 6.38. The van der Waals surface area contributed by atoms with Crippen LogP contribution >= 0.6 is 15.9 Å². The Balaban J connectivity index is 1.72. The molecule has 0 spiro atoms. The Morgan fingerprint density at radius 2 is 2.09 bits per heavy atom. The Kier molecular flexibility index (Phi) is 4.49. The van der Waals surface area contributed by atoms with Gasteiger partial charge in [-0.25, -0.2) is 0 Å². The summed E-state index contributed by atoms with van der Waals surface area (Å²) < 4.78 is 6.34. The van der Waals surface area contributed by atoms with Gasteiger partial charge >= 0.3 is 0 Å². The highest BCUT2D eigenvalue weighted by Crippen LogP contribution is 2.32. The van der Waals surface area contributed by atoms with E-state index in [0.717, 1.165) is 10.2 Å². The number of ether oxygens (including phenoxy) is 1. The topological polar surface area (TPSA) is 49.9 Å². The van der Waals surface area contributed by atoms with Crippen molar-refractivity contribution in [3.05, 3.63) is 28.7 Å². The van der Waals surface area contributed by atoms with Gasteiger partial charge in [0.05, 0.1) is 24.3 Å². The summed E-state index contributed by atoms with van der Waals surface area (Å²) in [6.07, 6.45) is 0.348. The molecule has 2 amide bonds. The number of hydrogen-bond donors (Lipinski definition) is 0. The van der Waals surface area contributed by atoms with Gasteiger partial charge in [0.15, 0.2) is 0 Å². The van der Waals surface area contributed by atoms with Crippen molar-refractivity contribution in [3.63, 3.8) is 0 Å². The lowest BCUT2D eigenvalue weighted by Gasteiger charge is -2.32. The highest BCUT2D eigenvalue weighted by atomic mass is 79.9. The molecule has 1 aromatic rings. The first-order valence-corrected chi connectivity index (χ1v) is 8.31. The van der Waals surface area contributed by atoms with Gasteiger partial charge in [0.2, 0.25) is 11.8 Å². The maximum absolute atomic E-state index is 12.6. The number of anilines is 1. The van der Waals surface area contributed by atoms with Gasteiger partial charge in [0.25, 0.3) is 0 Å². The lowest BCUT2D eigenvalue weighted by atomic mass is 10.1. The molecule has 1 aromatic carbocycles. The molecule has 3 rings (SSSR count). The van der Waals surface area contributed by atoms with Crippen molar-refractivity contribution in [2.75, 3.05) is 31.1 Å². The summed E-state index contributed by atoms with van der Waals surface area (Å²) in [5.74, 6) is -0.186. The van der Waals surface area contributed by atoms with Crippen LogP contribution in [0.3, 0.4) is 0 Å². The number of rotatable bonds is 2. The van der Waals surface area contributed by atoms with Crippen LogP contribution in [0.25, 0.3) is 0 Å². The summed E-state index contributed by atoms with van der Waals surface area (Å²) in [4.78, 5) is 28.5. The van der Waals surface area contributed by atoms with Gasteiger partial charge in [-0.1, -0.05) is 12.1 Å². The molecule has 22 heavy (non-hydrogen) atoms. The maximum Gasteiger partial charge on any atom is 0.228 e. The summed E-state index contributed by atoms with van der Waals surface area (Å²) in [5.41, 5.74) is 0.832. The van der Waals surface area contributed by atoms with Gasteiger partial charge < -0.3 is 14.5 Å². The summed E-state index contributed by atoms with van der Waals surface area (Å²) in [7, 11) is 0. The van der Waals surface area contributed by atoms with Crippen molar-refractivity contribution in [2.24, 2.45) is 5.92 Å². The van der Waals surface area contributed by atoms with Gasteiger partial charge in [-0.05, 0) is 35.0 Å². The molecule has 5 nitrogen and oxygen atoms in total. The molecule has 0 N–H and O–H groups in total. The van der Waals surface area contributed by atoms with Crippen molar-refractivity contribution in [3.8, 4) is 0 Å². The molecule has 2 heterocycles. The molecule has 0 aromatic heterocycles. The van der Waals surface area contributed by atoms with E-state index in [9.17, 15) is 9.59 Å². The van der Waals surface area contributed by atoms with Gasteiger partial charge in [0.1, 0.15) is 0 Å². The van der Waals surface area contributed by atoms with E-state index in [1.165, 1.54) is 0 Å². The first-order chi connectivity index (χ1) is 10.6. The normalized spacial score (nSPS) is 25.6. The van der Waals surface area contributed by atoms with Crippen molar-refractivity contribution in [1.29, 1.82) is 0 Å². The van der Waals surface area contributed by atoms with Crippen LogP contribution in [0.5, 0.6) is 0 Å². The number of halogens is 1. The van der Waals surface area contributed by atoms with E-state index >= 15 is 0 Å². The zero-order chi connectivity index (χ0) is 15.7. The van der Waals surface area contributed by atoms with Crippen LogP contribution in [-0.2, 0) is 14.3 Å². The SMILES string of the molecule is C[C@@H]1CN(C(=O)[C@@H]2CC(=O)N(c3ccccc3Br)C2)CCO1. The third-order valence-corrected chi connectivity index (χ3v) is 4.84. The Morgan fingerprint density at radius 1 is 1.32 bits per heavy atom. The minimum absolute atomic E-state index is 0.00607. The average molecular weight is 367 g/mol. The molecule has 0 radical (unpaired) electrons. The number of carbonyl (C=O) groups excluding carboxylic acids is 2. The van der Waals surface area contributed by atoms with Crippen molar-refractivity contribution in [2.45, 2.75) is 19.4 Å². The Morgan fingerprint density at radius 3 is 2.82 bits per heavy atom. The number of para-hydroxylation sites is 1. The molecule has 2 aliphatic heterocycles. The highest BCUT2D eigenvalue weighted by Gasteiger charge is 2.38. The lowest BCUT2D eigenvalue weighted by molar-refractivity contribution is -0.142. The molecule has 2 atom stereocenters. The predicted molar refractivity (Wildman–Crippen MR) is 86.6 cm³/mol. The Bertz CT molecular complexity index is 593. The molecule has 6 heteroatoms. The molecule has 0 unspecified atom stereocenters. The summed E-state index contributed by atoms with van der Waals surface area (Å²) in [6, 6.07) is 7.60. The molecule has 2 fully saturated rings. The molecular formula is C16H19BrN2O3. The van der Waals surface area contributed by atoms with Crippen molar-refractivity contribution < 1.29 is 14.3 Å². The van der Waals surface area contributed by atoms with Crippen LogP contribution in [0.4, 0.5) is 5.69 Å². The zero-order valence-corrected chi connectivity index (χ0v) is 14.1. The molecule has 2 aliphatic rings. The van der Waals surface area contributed by atoms with Crippen molar-refractivity contribution >= 4 is 33.4 Å². The maximum atomic E-state index is 12.6. The molecule has 118 valence electrons. The smallest absolute Gasteiger partial charge is 0.228 e. The monoisotopic (exact) mass is 366 g/mol. The van der Waals surface area contributed by atoms with E-state index in [1.807, 2.05) is 36.1 Å². The fourth-order valence-electron chi connectivity index (χ4n) is 3.05. The fourth-order valence-corrected chi connectivity index (χ4v) is 3.55. The second-order valence-corrected chi connectivity index (χ2v) is 6.68. The second-order valence-electron chi connectivity index (χ2n) is 5.82. The number of amides is 2. The fraction of sp³-hybridized carbons (Fsp3) is 0.500. The molecular weight excluding hydrogens is 348 g/mol. The minimum atomic E-state index is -0.259. The van der Waals surface area contributed by atoms with Gasteiger partial charge in [0, 0.05) is 30.5 Å². The van der Waals surface area contributed by atoms with Crippen LogP contribution < -0.4 is 4.90 Å². The third-order valence-electron chi connectivity index (χ3n) is 4.17. The van der Waals surface area contributed by atoms with E-state index in [2.05, 4.69) is 15.9 Å². The molecule has 0 bridgehead atoms. The predicted octanol–water partition coefficient (Wildman–Crippen LogP) is 2.05. The number of benzene rings is 1. The summed E-state index contributed by atoms with van der Waals surface area (Å²) in [6.45, 7) is 4.21. The van der Waals surface area contributed by atoms with Crippen LogP contribution in [0.15, 0.2) is 28.7 Å². The molecule has 2 saturated heterocycles. The number of morpholine rings is 1. The number of nitrogens with zero attached hydrogens (tertiary/aromatic N) is 2. The minimum Gasteiger partial charge on any atom is -0.375 e. The van der Waals surface area contributed by atoms with E-state index < -0.39 is 0 Å². The van der Waals surface area contributed by atoms with Gasteiger partial charge in [-0.15, -0.1) is 0 Å². The standard InChI is InChI=1S/C16H19BrN2O3/c1-11-9-18(6-7-22-11)16(21)12-8-15(20)19(10-12)14-5-3-2-4-13(14)17/h2-5,11-12H,6-10H2,1H3/t11-,12-/m1/s1. The Labute approximate surface area is 138 Å². The number of carbonyl (C=O) groups is 2. The first-order valence-electron chi connectivity index (χ1n) is 7.51. The first kappa shape index (κ1) is 15.5. The van der Waals surface area contributed by atoms with Crippen LogP contribution in [0.2, 0.25) is 0 Å². The summed E-state index contributed by atoms with van der Waals surface area (Å²) >= 11 is 3.47. The highest BCUT2D eigenvalue weighted by molar-refractivity contribution is 9.10. The van der Waals surface area contributed by atoms with Crippen molar-refractivity contribution in [1.82, 2.24) is 4.90 Å². The largest absolute Gasteiger partial charge is 0.375 e. The van der Waals surface area contributed by atoms with E-state index in [1.54, 1.807) is 4.90 Å². The molecule has 0 aliphatic carbocycles. The quantitative estimate of drug-likeness (QED) is 0.804. The summed E-state index contributed by atoms with van der Waals surface area (Å²) in [5, 5.41) is 0. The zero-order valence-electron chi connectivity index (χ0n) is 12.5. The molecule has 0 saturated carbocycles. The Hall–Kier alpha value is -1.40. The van der Waals surface area contributed by atoms with Crippen LogP contribution in [-0.4, -0.2) is 49.1 Å². The van der Waals surface area contributed by atoms with Gasteiger partial charge in [-0.2, -0.15) is 0 Å². The van der Waals surface area contributed by atoms with Crippen LogP contribution in [0.1, 0.15) is 13.3 Å². The van der Waals surface area contributed by atoms with E-state index in [-0.39, 0.29) is 30.3 Å².